The molecule has 6 nitrogen and oxygen atoms in total. The van der Waals surface area contributed by atoms with Crippen molar-refractivity contribution >= 4 is 50.4 Å². The molecule has 8 heteroatoms. The van der Waals surface area contributed by atoms with Crippen LogP contribution >= 0.6 is 23.1 Å². The topological polar surface area (TPSA) is 76.4 Å². The van der Waals surface area contributed by atoms with E-state index in [1.807, 2.05) is 42.5 Å². The fourth-order valence-corrected chi connectivity index (χ4v) is 5.02. The molecule has 0 unspecified atom stereocenters. The molecular formula is C21H18N4O2S2. The first-order chi connectivity index (χ1) is 14.2. The molecule has 4 aromatic rings. The Hall–Kier alpha value is -2.71. The number of carbonyl (C=O) groups is 1. The summed E-state index contributed by atoms with van der Waals surface area (Å²) >= 11 is 2.93. The lowest BCUT2D eigenvalue weighted by molar-refractivity contribution is -0.113. The average Bonchev–Trinajstić information content (AvgIpc) is 3.48. The zero-order valence-corrected chi connectivity index (χ0v) is 17.1. The van der Waals surface area contributed by atoms with Gasteiger partial charge in [0.1, 0.15) is 5.01 Å². The van der Waals surface area contributed by atoms with E-state index in [4.69, 9.17) is 0 Å². The van der Waals surface area contributed by atoms with Crippen LogP contribution in [0.5, 0.6) is 0 Å². The van der Waals surface area contributed by atoms with Crippen molar-refractivity contribution in [1.82, 2.24) is 14.6 Å². The number of nitrogens with one attached hydrogen (secondary N) is 1. The number of aromatic nitrogens is 3. The van der Waals surface area contributed by atoms with Gasteiger partial charge in [-0.2, -0.15) is 9.61 Å². The van der Waals surface area contributed by atoms with Crippen molar-refractivity contribution in [2.24, 2.45) is 0 Å². The maximum absolute atomic E-state index is 12.4. The van der Waals surface area contributed by atoms with Gasteiger partial charge in [-0.3, -0.25) is 9.59 Å². The minimum atomic E-state index is -0.158. The van der Waals surface area contributed by atoms with Gasteiger partial charge >= 0.3 is 0 Å². The van der Waals surface area contributed by atoms with Gasteiger partial charge in [-0.1, -0.05) is 47.7 Å². The van der Waals surface area contributed by atoms with Gasteiger partial charge in [0, 0.05) is 28.8 Å². The maximum Gasteiger partial charge on any atom is 0.275 e. The zero-order valence-electron chi connectivity index (χ0n) is 15.5. The molecule has 1 fully saturated rings. The Morgan fingerprint density at radius 3 is 2.90 bits per heavy atom. The molecule has 0 saturated heterocycles. The van der Waals surface area contributed by atoms with Gasteiger partial charge in [-0.05, 0) is 24.3 Å². The number of hydrogen-bond acceptors (Lipinski definition) is 6. The van der Waals surface area contributed by atoms with Crippen LogP contribution in [-0.2, 0) is 10.5 Å². The molecule has 1 saturated carbocycles. The Bertz CT molecular complexity index is 1270. The molecule has 5 rings (SSSR count). The molecular weight excluding hydrogens is 404 g/mol. The van der Waals surface area contributed by atoms with Gasteiger partial charge in [-0.15, -0.1) is 11.8 Å². The van der Waals surface area contributed by atoms with E-state index >= 15 is 0 Å². The van der Waals surface area contributed by atoms with Crippen molar-refractivity contribution in [2.45, 2.75) is 24.5 Å². The molecule has 2 heterocycles. The molecule has 1 aliphatic carbocycles. The van der Waals surface area contributed by atoms with Crippen LogP contribution in [0.15, 0.2) is 53.3 Å². The van der Waals surface area contributed by atoms with Crippen LogP contribution in [0.3, 0.4) is 0 Å². The Morgan fingerprint density at radius 1 is 1.21 bits per heavy atom. The molecule has 1 aliphatic rings. The first-order valence-electron chi connectivity index (χ1n) is 9.42. The second-order valence-electron chi connectivity index (χ2n) is 7.06. The lowest BCUT2D eigenvalue weighted by Gasteiger charge is -2.08. The summed E-state index contributed by atoms with van der Waals surface area (Å²) in [5.74, 6) is 1.22. The number of nitrogens with zero attached hydrogens (tertiary/aromatic N) is 3. The second-order valence-corrected chi connectivity index (χ2v) is 9.04. The molecule has 146 valence electrons. The SMILES string of the molecule is O=C(CSCc1cc(=O)n2nc(C3CC3)sc2n1)Nc1cccc2ccccc12. The minimum absolute atomic E-state index is 0.0713. The fraction of sp³-hybridized carbons (Fsp3) is 0.238. The predicted molar refractivity (Wildman–Crippen MR) is 118 cm³/mol. The van der Waals surface area contributed by atoms with Crippen molar-refractivity contribution in [3.63, 3.8) is 0 Å². The molecule has 2 aromatic carbocycles. The van der Waals surface area contributed by atoms with Crippen molar-refractivity contribution < 1.29 is 4.79 Å². The van der Waals surface area contributed by atoms with E-state index < -0.39 is 0 Å². The van der Waals surface area contributed by atoms with Gasteiger partial charge in [0.05, 0.1) is 11.4 Å². The summed E-state index contributed by atoms with van der Waals surface area (Å²) in [4.78, 5) is 29.9. The van der Waals surface area contributed by atoms with Crippen LogP contribution in [0.4, 0.5) is 5.69 Å². The number of fused-ring (bicyclic) bond motifs is 2. The van der Waals surface area contributed by atoms with Gasteiger partial charge in [0.2, 0.25) is 10.9 Å². The van der Waals surface area contributed by atoms with Crippen molar-refractivity contribution in [1.29, 1.82) is 0 Å². The highest BCUT2D eigenvalue weighted by Gasteiger charge is 2.28. The largest absolute Gasteiger partial charge is 0.325 e. The van der Waals surface area contributed by atoms with Crippen molar-refractivity contribution in [3.05, 3.63) is 69.6 Å². The van der Waals surface area contributed by atoms with E-state index in [0.717, 1.165) is 34.3 Å². The quantitative estimate of drug-likeness (QED) is 0.507. The number of anilines is 1. The normalized spacial score (nSPS) is 13.8. The Morgan fingerprint density at radius 2 is 2.03 bits per heavy atom. The lowest BCUT2D eigenvalue weighted by Crippen LogP contribution is -2.16. The smallest absolute Gasteiger partial charge is 0.275 e. The minimum Gasteiger partial charge on any atom is -0.325 e. The Kier molecular flexibility index (Phi) is 4.81. The van der Waals surface area contributed by atoms with Gasteiger partial charge in [0.15, 0.2) is 0 Å². The Labute approximate surface area is 175 Å². The third-order valence-corrected chi connectivity index (χ3v) is 6.82. The monoisotopic (exact) mass is 422 g/mol. The van der Waals surface area contributed by atoms with Crippen LogP contribution < -0.4 is 10.9 Å². The highest BCUT2D eigenvalue weighted by molar-refractivity contribution is 7.99. The van der Waals surface area contributed by atoms with Crippen molar-refractivity contribution in [2.75, 3.05) is 11.1 Å². The molecule has 1 N–H and O–H groups in total. The molecule has 1 amide bonds. The molecule has 0 radical (unpaired) electrons. The first-order valence-corrected chi connectivity index (χ1v) is 11.4. The summed E-state index contributed by atoms with van der Waals surface area (Å²) in [5, 5.41) is 10.5. The van der Waals surface area contributed by atoms with E-state index in [2.05, 4.69) is 15.4 Å². The highest BCUT2D eigenvalue weighted by atomic mass is 32.2. The Balaban J connectivity index is 1.23. The van der Waals surface area contributed by atoms with E-state index in [-0.39, 0.29) is 11.5 Å². The number of thioether (sulfide) groups is 1. The van der Waals surface area contributed by atoms with Crippen LogP contribution in [0, 0.1) is 0 Å². The van der Waals surface area contributed by atoms with Crippen LogP contribution in [0.2, 0.25) is 0 Å². The van der Waals surface area contributed by atoms with Crippen molar-refractivity contribution in [3.8, 4) is 0 Å². The fourth-order valence-electron chi connectivity index (χ4n) is 3.21. The third kappa shape index (κ3) is 3.90. The molecule has 0 bridgehead atoms. The predicted octanol–water partition coefficient (Wildman–Crippen LogP) is 4.05. The van der Waals surface area contributed by atoms with Gasteiger partial charge in [-0.25, -0.2) is 4.98 Å². The number of hydrogen-bond donors (Lipinski definition) is 1. The standard InChI is InChI=1S/C21H18N4O2S2/c26-18(23-17-7-3-5-13-4-1-2-6-16(13)17)12-28-11-15-10-19(27)25-21(22-15)29-20(24-25)14-8-9-14/h1-7,10,14H,8-9,11-12H2,(H,23,26). The summed E-state index contributed by atoms with van der Waals surface area (Å²) in [7, 11) is 0. The lowest BCUT2D eigenvalue weighted by atomic mass is 10.1. The molecule has 0 atom stereocenters. The summed E-state index contributed by atoms with van der Waals surface area (Å²) in [6, 6.07) is 15.3. The van der Waals surface area contributed by atoms with Crippen LogP contribution in [0.25, 0.3) is 15.7 Å². The first kappa shape index (κ1) is 18.3. The molecule has 29 heavy (non-hydrogen) atoms. The second kappa shape index (κ2) is 7.61. The molecule has 0 aliphatic heterocycles. The maximum atomic E-state index is 12.4. The third-order valence-electron chi connectivity index (χ3n) is 4.79. The van der Waals surface area contributed by atoms with Gasteiger partial charge in [0.25, 0.3) is 5.56 Å². The summed E-state index contributed by atoms with van der Waals surface area (Å²) < 4.78 is 1.39. The van der Waals surface area contributed by atoms with E-state index in [1.165, 1.54) is 33.7 Å². The number of rotatable bonds is 6. The van der Waals surface area contributed by atoms with E-state index in [9.17, 15) is 9.59 Å². The van der Waals surface area contributed by atoms with Crippen LogP contribution in [0.1, 0.15) is 29.5 Å². The molecule has 2 aromatic heterocycles. The zero-order chi connectivity index (χ0) is 19.8. The van der Waals surface area contributed by atoms with E-state index in [1.54, 1.807) is 0 Å². The summed E-state index contributed by atoms with van der Waals surface area (Å²) in [6.45, 7) is 0. The van der Waals surface area contributed by atoms with Gasteiger partial charge < -0.3 is 5.32 Å². The summed E-state index contributed by atoms with van der Waals surface area (Å²) in [6.07, 6.45) is 2.28. The van der Waals surface area contributed by atoms with Crippen LogP contribution in [-0.4, -0.2) is 26.3 Å². The average molecular weight is 423 g/mol. The number of carbonyl (C=O) groups excluding carboxylic acids is 1. The molecule has 0 spiro atoms. The number of amides is 1. The van der Waals surface area contributed by atoms with E-state index in [0.29, 0.717) is 28.1 Å². The number of benzene rings is 2. The summed E-state index contributed by atoms with van der Waals surface area (Å²) in [5.41, 5.74) is 1.33. The highest BCUT2D eigenvalue weighted by Crippen LogP contribution is 2.41.